The smallest absolute Gasteiger partial charge is 0.146 e. The lowest BCUT2D eigenvalue weighted by Gasteiger charge is -2.37. The molecule has 0 saturated carbocycles. The van der Waals surface area contributed by atoms with E-state index in [9.17, 15) is 24.0 Å². The Bertz CT molecular complexity index is 6300. The second-order valence-electron chi connectivity index (χ2n) is 38.0. The largest absolute Gasteiger partial charge is 0.330 e. The van der Waals surface area contributed by atoms with Crippen molar-refractivity contribution in [2.75, 3.05) is 6.54 Å². The van der Waals surface area contributed by atoms with Crippen molar-refractivity contribution in [3.8, 4) is 0 Å². The normalized spacial score (nSPS) is 11.7. The fourth-order valence-corrected chi connectivity index (χ4v) is 18.6. The average molecular weight is 1850 g/mol. The Morgan fingerprint density at radius 3 is 0.679 bits per heavy atom. The zero-order valence-corrected chi connectivity index (χ0v) is 83.0. The summed E-state index contributed by atoms with van der Waals surface area (Å²) >= 11 is 0. The van der Waals surface area contributed by atoms with E-state index in [0.29, 0.717) is 38.6 Å². The quantitative estimate of drug-likeness (QED) is 0.0293. The highest BCUT2D eigenvalue weighted by Crippen LogP contribution is 2.46. The molecule has 2 N–H and O–H groups in total. The van der Waals surface area contributed by atoms with Crippen molar-refractivity contribution >= 4 is 28.9 Å². The Morgan fingerprint density at radius 2 is 0.464 bits per heavy atom. The molecule has 0 aliphatic carbocycles. The second-order valence-corrected chi connectivity index (χ2v) is 38.0. The van der Waals surface area contributed by atoms with E-state index in [0.717, 1.165) is 88.3 Å². The first-order valence-electron chi connectivity index (χ1n) is 49.0. The Morgan fingerprint density at radius 1 is 0.250 bits per heavy atom. The molecule has 14 nitrogen and oxygen atoms in total. The van der Waals surface area contributed by atoms with Crippen molar-refractivity contribution < 1.29 is 24.0 Å². The Kier molecular flexibility index (Phi) is 35.4. The molecule has 0 aliphatic heterocycles. The number of nitrogens with zero attached hydrogens (tertiary/aromatic N) is 8. The van der Waals surface area contributed by atoms with E-state index >= 15 is 0 Å². The summed E-state index contributed by atoms with van der Waals surface area (Å²) in [6, 6.07) is 135. The van der Waals surface area contributed by atoms with Crippen LogP contribution >= 0.6 is 0 Å². The molecule has 4 heterocycles. The summed E-state index contributed by atoms with van der Waals surface area (Å²) in [5.41, 5.74) is 22.5. The van der Waals surface area contributed by atoms with Crippen LogP contribution in [0.15, 0.2) is 438 Å². The number of aromatic nitrogens is 8. The Balaban J connectivity index is 0.000000150. The SMILES string of the molecule is CC(=O)C(C)(C)C(=O)CCCc1cn(C(c2ccccc2)(c2ccccc2)c2ccccc2)cn1.CC(=O)C(C)(C)C(=O)CCc1cn(C(c2ccccc2)(c2ccccc2)c2ccccc2)cn1.CC(=O)CCCc1ccc(C(C)(C)C)cc1.CCCCc1cn(C(c2ccccc2)(c2ccccc2)c2ccccc2)cn1.NCCc1cn(C(c2ccccc2)(c2ccccc2)c2ccccc2)cn1. The first-order valence-corrected chi connectivity index (χ1v) is 49.0. The fraction of sp³-hybridized carbons (Fsp3) is 0.246. The first kappa shape index (κ1) is 102. The third-order valence-electron chi connectivity index (χ3n) is 27.0. The maximum absolute atomic E-state index is 12.7. The molecule has 0 amide bonds. The van der Waals surface area contributed by atoms with Gasteiger partial charge in [-0.25, -0.2) is 19.9 Å². The number of unbranched alkanes of at least 4 members (excludes halogenated alkanes) is 1. The molecule has 13 aromatic carbocycles. The highest BCUT2D eigenvalue weighted by Gasteiger charge is 2.44. The number of ketones is 5. The number of aryl methyl sites for hydroxylation is 4. The van der Waals surface area contributed by atoms with Gasteiger partial charge in [-0.1, -0.05) is 422 Å². The monoisotopic (exact) mass is 1850 g/mol. The van der Waals surface area contributed by atoms with Crippen molar-refractivity contribution in [2.24, 2.45) is 16.6 Å². The van der Waals surface area contributed by atoms with E-state index < -0.39 is 33.0 Å². The van der Waals surface area contributed by atoms with Crippen LogP contribution in [0.3, 0.4) is 0 Å². The van der Waals surface area contributed by atoms with Crippen LogP contribution in [0.2, 0.25) is 0 Å². The lowest BCUT2D eigenvalue weighted by atomic mass is 9.77. The van der Waals surface area contributed by atoms with Crippen molar-refractivity contribution in [3.63, 3.8) is 0 Å². The fourth-order valence-electron chi connectivity index (χ4n) is 18.6. The van der Waals surface area contributed by atoms with Crippen LogP contribution in [-0.2, 0) is 83.6 Å². The minimum atomic E-state index is -0.968. The van der Waals surface area contributed by atoms with Gasteiger partial charge in [0.2, 0.25) is 0 Å². The third-order valence-corrected chi connectivity index (χ3v) is 27.0. The molecule has 4 aromatic heterocycles. The summed E-state index contributed by atoms with van der Waals surface area (Å²) in [7, 11) is 0. The van der Waals surface area contributed by atoms with Gasteiger partial charge in [0.15, 0.2) is 0 Å². The molecule has 0 spiro atoms. The zero-order chi connectivity index (χ0) is 99.0. The van der Waals surface area contributed by atoms with Gasteiger partial charge in [-0.2, -0.15) is 0 Å². The molecule has 0 unspecified atom stereocenters. The number of imidazole rings is 4. The van der Waals surface area contributed by atoms with Crippen molar-refractivity contribution in [3.05, 3.63) is 539 Å². The van der Waals surface area contributed by atoms with Gasteiger partial charge in [0.25, 0.3) is 0 Å². The van der Waals surface area contributed by atoms with E-state index in [4.69, 9.17) is 15.7 Å². The number of hydrogen-bond acceptors (Lipinski definition) is 10. The topological polar surface area (TPSA) is 183 Å². The van der Waals surface area contributed by atoms with Gasteiger partial charge in [0.1, 0.15) is 51.1 Å². The molecule has 0 bridgehead atoms. The third kappa shape index (κ3) is 23.9. The van der Waals surface area contributed by atoms with Gasteiger partial charge < -0.3 is 28.8 Å². The van der Waals surface area contributed by atoms with Crippen LogP contribution in [0.25, 0.3) is 0 Å². The van der Waals surface area contributed by atoms with Gasteiger partial charge in [-0.05, 0) is 183 Å². The van der Waals surface area contributed by atoms with Crippen molar-refractivity contribution in [2.45, 2.75) is 181 Å². The maximum atomic E-state index is 12.7. The molecule has 17 rings (SSSR count). The summed E-state index contributed by atoms with van der Waals surface area (Å²) in [5.74, 6) is 0.00219. The van der Waals surface area contributed by atoms with Crippen LogP contribution in [0.4, 0.5) is 0 Å². The van der Waals surface area contributed by atoms with E-state index in [1.54, 1.807) is 34.6 Å². The van der Waals surface area contributed by atoms with Crippen LogP contribution in [0.5, 0.6) is 0 Å². The Hall–Kier alpha value is -15.0. The highest BCUT2D eigenvalue weighted by atomic mass is 16.2. The molecule has 0 radical (unpaired) electrons. The molecular weight excluding hydrogens is 1720 g/mol. The highest BCUT2D eigenvalue weighted by molar-refractivity contribution is 6.05. The molecule has 14 heteroatoms. The maximum Gasteiger partial charge on any atom is 0.146 e. The number of carbonyl (C=O) groups is 5. The summed E-state index contributed by atoms with van der Waals surface area (Å²) < 4.78 is 8.84. The van der Waals surface area contributed by atoms with Crippen molar-refractivity contribution in [1.29, 1.82) is 0 Å². The van der Waals surface area contributed by atoms with Crippen LogP contribution < -0.4 is 5.73 Å². The van der Waals surface area contributed by atoms with Gasteiger partial charge >= 0.3 is 0 Å². The van der Waals surface area contributed by atoms with E-state index in [1.165, 1.54) is 64.8 Å². The molecule has 0 saturated heterocycles. The summed E-state index contributed by atoms with van der Waals surface area (Å²) in [5, 5.41) is 0. The van der Waals surface area contributed by atoms with Crippen LogP contribution in [0, 0.1) is 10.8 Å². The summed E-state index contributed by atoms with van der Waals surface area (Å²) in [4.78, 5) is 78.6. The number of carbonyl (C=O) groups excluding carboxylic acids is 5. The molecular formula is C126H133N9O5. The van der Waals surface area contributed by atoms with Crippen LogP contribution in [-0.4, -0.2) is 73.7 Å². The van der Waals surface area contributed by atoms with Crippen LogP contribution in [0.1, 0.15) is 222 Å². The zero-order valence-electron chi connectivity index (χ0n) is 83.0. The predicted octanol–water partition coefficient (Wildman–Crippen LogP) is 26.3. The number of nitrogens with two attached hydrogens (primary N) is 1. The lowest BCUT2D eigenvalue weighted by molar-refractivity contribution is -0.138. The standard InChI is InChI=1S/C31H32N2O2.C30H30N2O2.C26H26N2.C24H23N3.C15H22O/c1-24(34)30(2,3)29(35)21-13-20-28-22-33(23-32-28)31(25-14-7-4-8-15-25,26-16-9-5-10-17-26)27-18-11-6-12-19-27;1-23(33)29(2,3)28(34)20-19-27-21-32(22-31-27)30(24-13-7-4-8-14-24,25-15-9-5-10-16-25)26-17-11-6-12-18-26;1-2-3-19-25-20-28(21-27-25)26(22-13-7-4-8-14-22,23-15-9-5-10-16-23)24-17-11-6-12-18-24;25-17-16-23-18-27(19-26-23)24(20-10-4-1-5-11-20,21-12-6-2-7-13-21)22-14-8-3-9-15-22;1-12(16)6-5-7-13-8-10-14(11-9-13)15(2,3)4/h4-12,14-19,22-23H,13,20-21H2,1-3H3;4-18,21-22H,19-20H2,1-3H3;4-18,20-21H,2-3,19H2,1H3;1-15,18-19H,16-17,25H2;8-11H,5-7H2,1-4H3. The van der Waals surface area contributed by atoms with E-state index in [-0.39, 0.29) is 40.8 Å². The van der Waals surface area contributed by atoms with E-state index in [1.807, 2.05) is 67.9 Å². The Labute approximate surface area is 828 Å². The predicted molar refractivity (Wildman–Crippen MR) is 568 cm³/mol. The van der Waals surface area contributed by atoms with Gasteiger partial charge in [-0.3, -0.25) is 19.2 Å². The number of rotatable bonds is 36. The number of hydrogen-bond donors (Lipinski definition) is 1. The summed E-state index contributed by atoms with van der Waals surface area (Å²) in [6.07, 6.45) is 25.4. The minimum absolute atomic E-state index is 0.0170. The van der Waals surface area contributed by atoms with Gasteiger partial charge in [-0.15, -0.1) is 0 Å². The molecule has 0 fully saturated rings. The minimum Gasteiger partial charge on any atom is -0.330 e. The molecule has 712 valence electrons. The van der Waals surface area contributed by atoms with Crippen molar-refractivity contribution in [1.82, 2.24) is 38.2 Å². The number of Topliss-reactive ketones (excluding diaryl/α,β-unsaturated/α-hetero) is 5. The molecule has 0 atom stereocenters. The van der Waals surface area contributed by atoms with Gasteiger partial charge in [0.05, 0.1) is 58.9 Å². The second kappa shape index (κ2) is 48.3. The number of benzene rings is 13. The first-order chi connectivity index (χ1) is 67.8. The van der Waals surface area contributed by atoms with E-state index in [2.05, 4.69) is 426 Å². The summed E-state index contributed by atoms with van der Waals surface area (Å²) in [6.45, 7) is 20.9. The molecule has 17 aromatic rings. The molecule has 140 heavy (non-hydrogen) atoms. The average Bonchev–Trinajstić information content (AvgIpc) is 1.28. The lowest BCUT2D eigenvalue weighted by Crippen LogP contribution is -2.37. The molecule has 0 aliphatic rings. The van der Waals surface area contributed by atoms with Gasteiger partial charge in [0, 0.05) is 50.5 Å².